The Labute approximate surface area is 60.5 Å². The van der Waals surface area contributed by atoms with Gasteiger partial charge in [-0.05, 0) is 0 Å². The molecule has 1 heterocycles. The predicted octanol–water partition coefficient (Wildman–Crippen LogP) is 0.357. The molecule has 1 aliphatic heterocycles. The van der Waals surface area contributed by atoms with Crippen LogP contribution in [0.15, 0.2) is 4.99 Å². The molecule has 56 valence electrons. The second-order valence-electron chi connectivity index (χ2n) is 2.32. The van der Waals surface area contributed by atoms with E-state index in [4.69, 9.17) is 0 Å². The lowest BCUT2D eigenvalue weighted by Gasteiger charge is -1.97. The van der Waals surface area contributed by atoms with Crippen molar-refractivity contribution in [3.63, 3.8) is 0 Å². The first-order chi connectivity index (χ1) is 4.83. The van der Waals surface area contributed by atoms with Crippen molar-refractivity contribution in [1.82, 2.24) is 5.32 Å². The van der Waals surface area contributed by atoms with Crippen molar-refractivity contribution in [2.24, 2.45) is 4.99 Å². The van der Waals surface area contributed by atoms with E-state index >= 15 is 0 Å². The minimum Gasteiger partial charge on any atom is -0.372 e. The van der Waals surface area contributed by atoms with Crippen molar-refractivity contribution in [3.8, 4) is 0 Å². The summed E-state index contributed by atoms with van der Waals surface area (Å²) in [4.78, 5) is 15.0. The van der Waals surface area contributed by atoms with Gasteiger partial charge in [-0.15, -0.1) is 0 Å². The lowest BCUT2D eigenvalue weighted by molar-refractivity contribution is -0.117. The Hall–Kier alpha value is -0.860. The first-order valence-corrected chi connectivity index (χ1v) is 3.62. The summed E-state index contributed by atoms with van der Waals surface area (Å²) in [5.74, 6) is 1.13. The second-order valence-corrected chi connectivity index (χ2v) is 2.32. The minimum atomic E-state index is 0.258. The number of amidine groups is 1. The van der Waals surface area contributed by atoms with Crippen LogP contribution in [-0.4, -0.2) is 24.7 Å². The first-order valence-electron chi connectivity index (χ1n) is 3.62. The maximum absolute atomic E-state index is 10.8. The van der Waals surface area contributed by atoms with E-state index in [1.165, 1.54) is 0 Å². The molecule has 0 spiro atoms. The Balaban J connectivity index is 2.30. The summed E-state index contributed by atoms with van der Waals surface area (Å²) in [5.41, 5.74) is 0. The van der Waals surface area contributed by atoms with Crippen LogP contribution < -0.4 is 5.32 Å². The highest BCUT2D eigenvalue weighted by atomic mass is 16.1. The van der Waals surface area contributed by atoms with Crippen LogP contribution in [0.25, 0.3) is 0 Å². The van der Waals surface area contributed by atoms with Crippen LogP contribution in [0.4, 0.5) is 0 Å². The number of hydrogen-bond donors (Lipinski definition) is 1. The van der Waals surface area contributed by atoms with E-state index in [1.54, 1.807) is 0 Å². The van der Waals surface area contributed by atoms with Gasteiger partial charge < -0.3 is 5.32 Å². The number of hydrogen-bond acceptors (Lipinski definition) is 3. The molecule has 3 nitrogen and oxygen atoms in total. The van der Waals surface area contributed by atoms with Gasteiger partial charge in [0.2, 0.25) is 0 Å². The predicted molar refractivity (Wildman–Crippen MR) is 40.2 cm³/mol. The fourth-order valence-corrected chi connectivity index (χ4v) is 0.877. The van der Waals surface area contributed by atoms with Crippen molar-refractivity contribution >= 4 is 11.6 Å². The van der Waals surface area contributed by atoms with Crippen LogP contribution in [-0.2, 0) is 4.79 Å². The molecule has 0 saturated heterocycles. The molecule has 1 rings (SSSR count). The Morgan fingerprint density at radius 3 is 3.10 bits per heavy atom. The van der Waals surface area contributed by atoms with Crippen LogP contribution in [0, 0.1) is 0 Å². The molecule has 0 atom stereocenters. The molecule has 1 aliphatic rings. The zero-order valence-corrected chi connectivity index (χ0v) is 6.18. The summed E-state index contributed by atoms with van der Waals surface area (Å²) in [5, 5.41) is 3.05. The van der Waals surface area contributed by atoms with Crippen LogP contribution >= 0.6 is 0 Å². The maximum atomic E-state index is 10.8. The van der Waals surface area contributed by atoms with Crippen LogP contribution in [0.3, 0.4) is 0 Å². The van der Waals surface area contributed by atoms with E-state index in [9.17, 15) is 4.79 Å². The number of nitrogens with zero attached hydrogens (tertiary/aromatic N) is 1. The lowest BCUT2D eigenvalue weighted by Crippen LogP contribution is -2.21. The molecule has 0 saturated carbocycles. The van der Waals surface area contributed by atoms with Gasteiger partial charge in [-0.3, -0.25) is 9.79 Å². The van der Waals surface area contributed by atoms with E-state index in [-0.39, 0.29) is 5.78 Å². The normalized spacial score (nSPS) is 16.3. The first kappa shape index (κ1) is 7.25. The van der Waals surface area contributed by atoms with Gasteiger partial charge >= 0.3 is 0 Å². The SMILES string of the molecule is CCC(=O)CC1=NCCN1. The van der Waals surface area contributed by atoms with Gasteiger partial charge in [-0.2, -0.15) is 0 Å². The quantitative estimate of drug-likeness (QED) is 0.615. The van der Waals surface area contributed by atoms with Gasteiger partial charge in [0.05, 0.1) is 13.0 Å². The second kappa shape index (κ2) is 3.34. The third-order valence-corrected chi connectivity index (χ3v) is 1.50. The Kier molecular flexibility index (Phi) is 2.42. The molecule has 0 radical (unpaired) electrons. The Morgan fingerprint density at radius 2 is 2.60 bits per heavy atom. The summed E-state index contributed by atoms with van der Waals surface area (Å²) in [6, 6.07) is 0. The zero-order chi connectivity index (χ0) is 7.40. The highest BCUT2D eigenvalue weighted by Crippen LogP contribution is 1.94. The van der Waals surface area contributed by atoms with Gasteiger partial charge in [0, 0.05) is 13.0 Å². The molecule has 0 aromatic heterocycles. The van der Waals surface area contributed by atoms with Crippen molar-refractivity contribution in [3.05, 3.63) is 0 Å². The summed E-state index contributed by atoms with van der Waals surface area (Å²) >= 11 is 0. The lowest BCUT2D eigenvalue weighted by atomic mass is 10.2. The van der Waals surface area contributed by atoms with Gasteiger partial charge in [0.25, 0.3) is 0 Å². The van der Waals surface area contributed by atoms with Gasteiger partial charge in [-0.25, -0.2) is 0 Å². The maximum Gasteiger partial charge on any atom is 0.140 e. The number of ketones is 1. The monoisotopic (exact) mass is 140 g/mol. The third-order valence-electron chi connectivity index (χ3n) is 1.50. The molecule has 0 bridgehead atoms. The van der Waals surface area contributed by atoms with Crippen LogP contribution in [0.2, 0.25) is 0 Å². The average Bonchev–Trinajstić information content (AvgIpc) is 2.40. The van der Waals surface area contributed by atoms with E-state index in [0.717, 1.165) is 18.9 Å². The molecule has 1 N–H and O–H groups in total. The number of aliphatic imine (C=N–C) groups is 1. The van der Waals surface area contributed by atoms with Crippen LogP contribution in [0.1, 0.15) is 19.8 Å². The van der Waals surface area contributed by atoms with Crippen molar-refractivity contribution in [2.45, 2.75) is 19.8 Å². The Bertz CT molecular complexity index is 163. The van der Waals surface area contributed by atoms with Crippen LogP contribution in [0.5, 0.6) is 0 Å². The number of rotatable bonds is 3. The Morgan fingerprint density at radius 1 is 1.80 bits per heavy atom. The number of nitrogens with one attached hydrogen (secondary N) is 1. The highest BCUT2D eigenvalue weighted by Gasteiger charge is 2.07. The van der Waals surface area contributed by atoms with E-state index in [2.05, 4.69) is 10.3 Å². The van der Waals surface area contributed by atoms with E-state index in [1.807, 2.05) is 6.92 Å². The molecule has 0 aromatic rings. The fourth-order valence-electron chi connectivity index (χ4n) is 0.877. The minimum absolute atomic E-state index is 0.258. The van der Waals surface area contributed by atoms with Gasteiger partial charge in [0.15, 0.2) is 0 Å². The smallest absolute Gasteiger partial charge is 0.140 e. The van der Waals surface area contributed by atoms with E-state index < -0.39 is 0 Å². The molecule has 0 aliphatic carbocycles. The highest BCUT2D eigenvalue weighted by molar-refractivity contribution is 6.01. The number of Topliss-reactive ketones (excluding diaryl/α,β-unsaturated/α-hetero) is 1. The molecule has 0 fully saturated rings. The number of carbonyl (C=O) groups excluding carboxylic acids is 1. The topological polar surface area (TPSA) is 41.5 Å². The average molecular weight is 140 g/mol. The summed E-state index contributed by atoms with van der Waals surface area (Å²) in [6.45, 7) is 3.59. The zero-order valence-electron chi connectivity index (χ0n) is 6.18. The molecular weight excluding hydrogens is 128 g/mol. The molecule has 3 heteroatoms. The standard InChI is InChI=1S/C7H12N2O/c1-2-6(10)5-7-8-3-4-9-7/h2-5H2,1H3,(H,8,9). The molecule has 0 unspecified atom stereocenters. The molecule has 0 amide bonds. The van der Waals surface area contributed by atoms with Crippen molar-refractivity contribution in [1.29, 1.82) is 0 Å². The largest absolute Gasteiger partial charge is 0.372 e. The molecular formula is C7H12N2O. The summed E-state index contributed by atoms with van der Waals surface area (Å²) in [6.07, 6.45) is 1.11. The molecule has 0 aromatic carbocycles. The van der Waals surface area contributed by atoms with Crippen molar-refractivity contribution in [2.75, 3.05) is 13.1 Å². The third kappa shape index (κ3) is 1.83. The van der Waals surface area contributed by atoms with E-state index in [0.29, 0.717) is 12.8 Å². The van der Waals surface area contributed by atoms with Gasteiger partial charge in [-0.1, -0.05) is 6.92 Å². The fraction of sp³-hybridized carbons (Fsp3) is 0.714. The van der Waals surface area contributed by atoms with Gasteiger partial charge in [0.1, 0.15) is 11.6 Å². The number of carbonyl (C=O) groups is 1. The molecule has 10 heavy (non-hydrogen) atoms. The van der Waals surface area contributed by atoms with Crippen molar-refractivity contribution < 1.29 is 4.79 Å². The summed E-state index contributed by atoms with van der Waals surface area (Å²) in [7, 11) is 0. The summed E-state index contributed by atoms with van der Waals surface area (Å²) < 4.78 is 0.